The van der Waals surface area contributed by atoms with Crippen LogP contribution in [0.5, 0.6) is 11.5 Å². The third kappa shape index (κ3) is 3.85. The van der Waals surface area contributed by atoms with Gasteiger partial charge in [-0.05, 0) is 31.2 Å². The molecule has 0 aliphatic rings. The maximum absolute atomic E-state index is 12.6. The average molecular weight is 349 g/mol. The highest BCUT2D eigenvalue weighted by atomic mass is 79.9. The molecule has 0 atom stereocenters. The van der Waals surface area contributed by atoms with E-state index in [-0.39, 0.29) is 12.2 Å². The molecule has 0 heterocycles. The van der Waals surface area contributed by atoms with Gasteiger partial charge in [-0.3, -0.25) is 4.79 Å². The van der Waals surface area contributed by atoms with E-state index < -0.39 is 0 Å². The van der Waals surface area contributed by atoms with Gasteiger partial charge in [-0.15, -0.1) is 0 Å². The van der Waals surface area contributed by atoms with Gasteiger partial charge < -0.3 is 9.47 Å². The normalized spacial score (nSPS) is 10.2. The van der Waals surface area contributed by atoms with Crippen LogP contribution in [0.25, 0.3) is 0 Å². The second kappa shape index (κ2) is 7.27. The summed E-state index contributed by atoms with van der Waals surface area (Å²) < 4.78 is 11.7. The summed E-state index contributed by atoms with van der Waals surface area (Å²) in [5.74, 6) is 1.34. The van der Waals surface area contributed by atoms with Gasteiger partial charge in [0.25, 0.3) is 0 Å². The van der Waals surface area contributed by atoms with Crippen molar-refractivity contribution in [2.75, 3.05) is 13.7 Å². The molecule has 0 N–H and O–H groups in total. The van der Waals surface area contributed by atoms with E-state index in [4.69, 9.17) is 9.47 Å². The van der Waals surface area contributed by atoms with Crippen LogP contribution in [0.15, 0.2) is 46.9 Å². The summed E-state index contributed by atoms with van der Waals surface area (Å²) in [7, 11) is 1.61. The molecule has 21 heavy (non-hydrogen) atoms. The van der Waals surface area contributed by atoms with Crippen molar-refractivity contribution < 1.29 is 14.3 Å². The van der Waals surface area contributed by atoms with Gasteiger partial charge in [0, 0.05) is 16.5 Å². The molecule has 0 fully saturated rings. The Morgan fingerprint density at radius 2 is 1.90 bits per heavy atom. The first kappa shape index (κ1) is 15.6. The van der Waals surface area contributed by atoms with Crippen molar-refractivity contribution >= 4 is 21.7 Å². The third-order valence-electron chi connectivity index (χ3n) is 3.09. The number of halogens is 1. The lowest BCUT2D eigenvalue weighted by Crippen LogP contribution is -2.08. The summed E-state index contributed by atoms with van der Waals surface area (Å²) in [5.41, 5.74) is 1.45. The van der Waals surface area contributed by atoms with Crippen LogP contribution in [0.4, 0.5) is 0 Å². The van der Waals surface area contributed by atoms with Gasteiger partial charge in [0.15, 0.2) is 5.78 Å². The van der Waals surface area contributed by atoms with Gasteiger partial charge in [0.1, 0.15) is 11.5 Å². The number of Topliss-reactive ketones (excluding diaryl/α,β-unsaturated/α-hetero) is 1. The van der Waals surface area contributed by atoms with E-state index in [9.17, 15) is 4.79 Å². The number of hydrogen-bond donors (Lipinski definition) is 0. The Hall–Kier alpha value is -1.81. The zero-order valence-corrected chi connectivity index (χ0v) is 13.6. The Labute approximate surface area is 133 Å². The van der Waals surface area contributed by atoms with E-state index in [1.807, 2.05) is 43.3 Å². The molecule has 3 nitrogen and oxygen atoms in total. The van der Waals surface area contributed by atoms with Gasteiger partial charge in [0.05, 0.1) is 19.3 Å². The molecular weight excluding hydrogens is 332 g/mol. The molecule has 2 rings (SSSR count). The molecule has 0 radical (unpaired) electrons. The van der Waals surface area contributed by atoms with Crippen LogP contribution in [-0.2, 0) is 6.42 Å². The molecule has 4 heteroatoms. The summed E-state index contributed by atoms with van der Waals surface area (Å²) in [4.78, 5) is 12.6. The summed E-state index contributed by atoms with van der Waals surface area (Å²) in [5, 5.41) is 0. The lowest BCUT2D eigenvalue weighted by molar-refractivity contribution is 0.0988. The molecule has 110 valence electrons. The van der Waals surface area contributed by atoms with Gasteiger partial charge in [-0.2, -0.15) is 0 Å². The average Bonchev–Trinajstić information content (AvgIpc) is 2.49. The van der Waals surface area contributed by atoms with Crippen LogP contribution in [-0.4, -0.2) is 19.5 Å². The monoisotopic (exact) mass is 348 g/mol. The lowest BCUT2D eigenvalue weighted by Gasteiger charge is -2.11. The second-order valence-electron chi connectivity index (χ2n) is 4.49. The molecule has 2 aromatic carbocycles. The molecular formula is C17H17BrO3. The van der Waals surface area contributed by atoms with E-state index in [0.717, 1.165) is 15.8 Å². The van der Waals surface area contributed by atoms with Crippen LogP contribution in [0.2, 0.25) is 0 Å². The Morgan fingerprint density at radius 3 is 2.62 bits per heavy atom. The van der Waals surface area contributed by atoms with Crippen LogP contribution < -0.4 is 9.47 Å². The molecule has 0 bridgehead atoms. The fourth-order valence-electron chi connectivity index (χ4n) is 2.12. The molecule has 0 saturated carbocycles. The summed E-state index contributed by atoms with van der Waals surface area (Å²) in [6.07, 6.45) is 0.278. The van der Waals surface area contributed by atoms with Crippen molar-refractivity contribution in [1.82, 2.24) is 0 Å². The first-order valence-electron chi connectivity index (χ1n) is 6.73. The molecule has 0 aromatic heterocycles. The van der Waals surface area contributed by atoms with Crippen molar-refractivity contribution in [3.8, 4) is 11.5 Å². The summed E-state index contributed by atoms with van der Waals surface area (Å²) in [6.45, 7) is 2.42. The van der Waals surface area contributed by atoms with E-state index >= 15 is 0 Å². The van der Waals surface area contributed by atoms with Gasteiger partial charge in [0.2, 0.25) is 0 Å². The van der Waals surface area contributed by atoms with Gasteiger partial charge in [-0.25, -0.2) is 0 Å². The Balaban J connectivity index is 2.29. The quantitative estimate of drug-likeness (QED) is 0.730. The van der Waals surface area contributed by atoms with Gasteiger partial charge >= 0.3 is 0 Å². The SMILES string of the molecule is CCOc1ccc(Br)cc1C(=O)Cc1ccccc1OC. The Morgan fingerprint density at radius 1 is 1.14 bits per heavy atom. The van der Waals surface area contributed by atoms with E-state index in [2.05, 4.69) is 15.9 Å². The lowest BCUT2D eigenvalue weighted by atomic mass is 10.0. The van der Waals surface area contributed by atoms with E-state index in [1.54, 1.807) is 13.2 Å². The number of carbonyl (C=O) groups is 1. The maximum Gasteiger partial charge on any atom is 0.171 e. The first-order chi connectivity index (χ1) is 10.2. The minimum absolute atomic E-state index is 0.00394. The van der Waals surface area contributed by atoms with Crippen molar-refractivity contribution in [3.05, 3.63) is 58.1 Å². The van der Waals surface area contributed by atoms with Crippen molar-refractivity contribution in [1.29, 1.82) is 0 Å². The molecule has 0 saturated heterocycles. The van der Waals surface area contributed by atoms with Gasteiger partial charge in [-0.1, -0.05) is 34.1 Å². The number of ketones is 1. The second-order valence-corrected chi connectivity index (χ2v) is 5.40. The van der Waals surface area contributed by atoms with E-state index in [1.165, 1.54) is 0 Å². The fourth-order valence-corrected chi connectivity index (χ4v) is 2.48. The number of methoxy groups -OCH3 is 1. The number of carbonyl (C=O) groups excluding carboxylic acids is 1. The number of ether oxygens (including phenoxy) is 2. The molecule has 0 aliphatic carbocycles. The number of hydrogen-bond acceptors (Lipinski definition) is 3. The zero-order chi connectivity index (χ0) is 15.2. The largest absolute Gasteiger partial charge is 0.496 e. The van der Waals surface area contributed by atoms with Crippen LogP contribution in [0.1, 0.15) is 22.8 Å². The van der Waals surface area contributed by atoms with E-state index in [0.29, 0.717) is 17.9 Å². The minimum atomic E-state index is 0.00394. The number of para-hydroxylation sites is 1. The highest BCUT2D eigenvalue weighted by Crippen LogP contribution is 2.26. The number of rotatable bonds is 6. The molecule has 0 spiro atoms. The number of benzene rings is 2. The first-order valence-corrected chi connectivity index (χ1v) is 7.52. The Kier molecular flexibility index (Phi) is 5.39. The van der Waals surface area contributed by atoms with Crippen molar-refractivity contribution in [2.24, 2.45) is 0 Å². The minimum Gasteiger partial charge on any atom is -0.496 e. The van der Waals surface area contributed by atoms with Crippen molar-refractivity contribution in [2.45, 2.75) is 13.3 Å². The standard InChI is InChI=1S/C17H17BrO3/c1-3-21-17-9-8-13(18)11-14(17)15(19)10-12-6-4-5-7-16(12)20-2/h4-9,11H,3,10H2,1-2H3. The zero-order valence-electron chi connectivity index (χ0n) is 12.1. The maximum atomic E-state index is 12.6. The summed E-state index contributed by atoms with van der Waals surface area (Å²) in [6, 6.07) is 13.0. The third-order valence-corrected chi connectivity index (χ3v) is 3.58. The molecule has 0 amide bonds. The predicted octanol–water partition coefficient (Wildman–Crippen LogP) is 4.28. The highest BCUT2D eigenvalue weighted by molar-refractivity contribution is 9.10. The smallest absolute Gasteiger partial charge is 0.171 e. The Bertz CT molecular complexity index is 638. The van der Waals surface area contributed by atoms with Crippen molar-refractivity contribution in [3.63, 3.8) is 0 Å². The highest BCUT2D eigenvalue weighted by Gasteiger charge is 2.15. The van der Waals surface area contributed by atoms with Crippen LogP contribution in [0, 0.1) is 0 Å². The molecule has 0 unspecified atom stereocenters. The molecule has 2 aromatic rings. The molecule has 0 aliphatic heterocycles. The summed E-state index contributed by atoms with van der Waals surface area (Å²) >= 11 is 3.40. The fraction of sp³-hybridized carbons (Fsp3) is 0.235. The topological polar surface area (TPSA) is 35.5 Å². The van der Waals surface area contributed by atoms with Crippen LogP contribution >= 0.6 is 15.9 Å². The van der Waals surface area contributed by atoms with Crippen LogP contribution in [0.3, 0.4) is 0 Å². The predicted molar refractivity (Wildman–Crippen MR) is 86.3 cm³/mol.